The molecule has 1 amide bonds. The highest BCUT2D eigenvalue weighted by Gasteiger charge is 2.07. The summed E-state index contributed by atoms with van der Waals surface area (Å²) in [6, 6.07) is 9.76. The van der Waals surface area contributed by atoms with Crippen molar-refractivity contribution in [3.63, 3.8) is 0 Å². The van der Waals surface area contributed by atoms with E-state index in [1.165, 1.54) is 30.3 Å². The molecule has 0 spiro atoms. The summed E-state index contributed by atoms with van der Waals surface area (Å²) in [6.07, 6.45) is 1.40. The summed E-state index contributed by atoms with van der Waals surface area (Å²) in [6.45, 7) is 1.33. The van der Waals surface area contributed by atoms with Crippen molar-refractivity contribution >= 4 is 11.9 Å². The Balaban J connectivity index is 0.000000198. The van der Waals surface area contributed by atoms with Gasteiger partial charge in [-0.25, -0.2) is 4.98 Å². The highest BCUT2D eigenvalue weighted by atomic mass is 16.2. The van der Waals surface area contributed by atoms with Gasteiger partial charge in [-0.15, -0.1) is 0 Å². The van der Waals surface area contributed by atoms with E-state index in [1.807, 2.05) is 0 Å². The molecule has 104 valence electrons. The Morgan fingerprint density at radius 2 is 1.90 bits per heavy atom. The van der Waals surface area contributed by atoms with Gasteiger partial charge in [-0.2, -0.15) is 4.68 Å². The minimum Gasteiger partial charge on any atom is -0.347 e. The number of nitrogens with zero attached hydrogens (tertiary/aromatic N) is 3. The zero-order valence-corrected chi connectivity index (χ0v) is 11.6. The van der Waals surface area contributed by atoms with Gasteiger partial charge in [0.15, 0.2) is 0 Å². The third kappa shape index (κ3) is 3.23. The predicted molar refractivity (Wildman–Crippen MR) is 78.3 cm³/mol. The van der Waals surface area contributed by atoms with Gasteiger partial charge in [0.2, 0.25) is 11.9 Å². The van der Waals surface area contributed by atoms with Crippen molar-refractivity contribution in [2.24, 2.45) is 0 Å². The average molecular weight is 272 g/mol. The maximum atomic E-state index is 11.4. The molecule has 0 bridgehead atoms. The molecular formula is C14H16N4O2. The molecule has 1 aromatic heterocycles. The number of hydrogen-bond donors (Lipinski definition) is 1. The number of fused-ring (bicyclic) bond motifs is 1. The van der Waals surface area contributed by atoms with Crippen LogP contribution < -0.4 is 15.9 Å². The van der Waals surface area contributed by atoms with Crippen LogP contribution in [0, 0.1) is 0 Å². The van der Waals surface area contributed by atoms with Gasteiger partial charge in [0, 0.05) is 33.3 Å². The second-order valence-corrected chi connectivity index (χ2v) is 4.56. The highest BCUT2D eigenvalue weighted by molar-refractivity contribution is 5.81. The van der Waals surface area contributed by atoms with Crippen LogP contribution in [-0.4, -0.2) is 29.7 Å². The van der Waals surface area contributed by atoms with Crippen LogP contribution in [-0.2, 0) is 4.79 Å². The second-order valence-electron chi connectivity index (χ2n) is 4.56. The van der Waals surface area contributed by atoms with Crippen molar-refractivity contribution in [1.82, 2.24) is 9.66 Å². The Morgan fingerprint density at radius 1 is 1.25 bits per heavy atom. The number of rotatable bonds is 2. The maximum Gasteiger partial charge on any atom is 0.273 e. The summed E-state index contributed by atoms with van der Waals surface area (Å²) in [5.41, 5.74) is 4.92. The molecule has 3 rings (SSSR count). The van der Waals surface area contributed by atoms with E-state index in [0.29, 0.717) is 5.95 Å². The lowest BCUT2D eigenvalue weighted by atomic mass is 10.6. The molecule has 1 N–H and O–H groups in total. The van der Waals surface area contributed by atoms with Crippen molar-refractivity contribution in [2.45, 2.75) is 6.92 Å². The number of amides is 1. The molecule has 0 aromatic carbocycles. The fraction of sp³-hybridized carbons (Fsp3) is 0.214. The molecule has 6 nitrogen and oxygen atoms in total. The van der Waals surface area contributed by atoms with Gasteiger partial charge in [-0.05, 0) is 17.2 Å². The number of benzene rings is 1. The minimum absolute atomic E-state index is 0.316. The van der Waals surface area contributed by atoms with Crippen LogP contribution in [0.25, 0.3) is 11.1 Å². The van der Waals surface area contributed by atoms with Crippen molar-refractivity contribution in [1.29, 1.82) is 0 Å². The smallest absolute Gasteiger partial charge is 0.273 e. The molecule has 2 aliphatic carbocycles. The first-order chi connectivity index (χ1) is 9.49. The van der Waals surface area contributed by atoms with Gasteiger partial charge in [0.25, 0.3) is 5.56 Å². The molecule has 0 unspecified atom stereocenters. The first-order valence-corrected chi connectivity index (χ1v) is 6.12. The highest BCUT2D eigenvalue weighted by Crippen LogP contribution is 2.32. The summed E-state index contributed by atoms with van der Waals surface area (Å²) >= 11 is 0. The van der Waals surface area contributed by atoms with Crippen molar-refractivity contribution in [3.05, 3.63) is 46.9 Å². The van der Waals surface area contributed by atoms with Crippen molar-refractivity contribution in [3.8, 4) is 11.1 Å². The first kappa shape index (κ1) is 13.8. The molecular weight excluding hydrogens is 256 g/mol. The predicted octanol–water partition coefficient (Wildman–Crippen LogP) is 1.07. The Labute approximate surface area is 116 Å². The van der Waals surface area contributed by atoms with Gasteiger partial charge in [0.05, 0.1) is 0 Å². The summed E-state index contributed by atoms with van der Waals surface area (Å²) in [4.78, 5) is 27.8. The number of aromatic nitrogens is 2. The topological polar surface area (TPSA) is 67.2 Å². The van der Waals surface area contributed by atoms with Gasteiger partial charge in [0.1, 0.15) is 0 Å². The van der Waals surface area contributed by atoms with E-state index < -0.39 is 0 Å². The third-order valence-corrected chi connectivity index (χ3v) is 2.61. The van der Waals surface area contributed by atoms with Gasteiger partial charge in [-0.1, -0.05) is 18.2 Å². The average Bonchev–Trinajstić information content (AvgIpc) is 2.98. The quantitative estimate of drug-likeness (QED) is 0.757. The summed E-state index contributed by atoms with van der Waals surface area (Å²) in [5, 5.41) is 0. The Kier molecular flexibility index (Phi) is 3.84. The Morgan fingerprint density at radius 3 is 2.30 bits per heavy atom. The largest absolute Gasteiger partial charge is 0.347 e. The molecule has 2 aliphatic rings. The molecule has 1 aromatic rings. The minimum atomic E-state index is -0.320. The molecule has 6 heteroatoms. The molecule has 0 aliphatic heterocycles. The van der Waals surface area contributed by atoms with Crippen molar-refractivity contribution < 1.29 is 4.79 Å². The zero-order valence-electron chi connectivity index (χ0n) is 11.6. The van der Waals surface area contributed by atoms with E-state index in [0.717, 1.165) is 4.68 Å². The van der Waals surface area contributed by atoms with Crippen LogP contribution >= 0.6 is 0 Å². The molecule has 0 saturated carbocycles. The lowest BCUT2D eigenvalue weighted by molar-refractivity contribution is -0.115. The van der Waals surface area contributed by atoms with Crippen molar-refractivity contribution in [2.75, 3.05) is 24.4 Å². The van der Waals surface area contributed by atoms with Crippen LogP contribution in [0.4, 0.5) is 5.95 Å². The van der Waals surface area contributed by atoms with Crippen LogP contribution in [0.2, 0.25) is 0 Å². The zero-order chi connectivity index (χ0) is 14.7. The van der Waals surface area contributed by atoms with E-state index in [-0.39, 0.29) is 11.5 Å². The van der Waals surface area contributed by atoms with Crippen LogP contribution in [0.5, 0.6) is 0 Å². The van der Waals surface area contributed by atoms with E-state index >= 15 is 0 Å². The lowest BCUT2D eigenvalue weighted by Crippen LogP contribution is -2.35. The normalized spacial score (nSPS) is 10.2. The number of nitrogens with one attached hydrogen (secondary N) is 1. The van der Waals surface area contributed by atoms with E-state index in [1.54, 1.807) is 19.0 Å². The Hall–Kier alpha value is -2.63. The van der Waals surface area contributed by atoms with Gasteiger partial charge in [-0.3, -0.25) is 15.0 Å². The van der Waals surface area contributed by atoms with E-state index in [9.17, 15) is 9.59 Å². The molecule has 20 heavy (non-hydrogen) atoms. The number of hydrogen-bond acceptors (Lipinski definition) is 4. The van der Waals surface area contributed by atoms with Gasteiger partial charge < -0.3 is 4.90 Å². The molecule has 0 saturated heterocycles. The van der Waals surface area contributed by atoms with Crippen LogP contribution in [0.1, 0.15) is 6.92 Å². The SMILES string of the molecule is CC(=O)Nn1c(N(C)C)nccc1=O.c1cc2cc-2c1. The lowest BCUT2D eigenvalue weighted by Gasteiger charge is -2.16. The molecule has 0 atom stereocenters. The fourth-order valence-electron chi connectivity index (χ4n) is 1.65. The maximum absolute atomic E-state index is 11.4. The van der Waals surface area contributed by atoms with Crippen LogP contribution in [0.3, 0.4) is 0 Å². The molecule has 0 radical (unpaired) electrons. The summed E-state index contributed by atoms with van der Waals surface area (Å²) in [5.74, 6) is 0.0656. The summed E-state index contributed by atoms with van der Waals surface area (Å²) < 4.78 is 1.10. The standard InChI is InChI=1S/C8H12N4O2.C6H4/c1-6(13)10-12-7(14)4-5-9-8(12)11(2)3;1-2-5-4-6(5)3-1/h4-5H,1-3H3,(H,10,13);1-4H. The number of anilines is 1. The van der Waals surface area contributed by atoms with Gasteiger partial charge >= 0.3 is 0 Å². The molecule has 1 heterocycles. The summed E-state index contributed by atoms with van der Waals surface area (Å²) in [7, 11) is 3.47. The fourth-order valence-corrected chi connectivity index (χ4v) is 1.65. The number of carbonyl (C=O) groups excluding carboxylic acids is 1. The van der Waals surface area contributed by atoms with E-state index in [4.69, 9.17) is 0 Å². The first-order valence-electron chi connectivity index (χ1n) is 6.12. The monoisotopic (exact) mass is 272 g/mol. The third-order valence-electron chi connectivity index (χ3n) is 2.61. The second kappa shape index (κ2) is 5.56. The molecule has 0 fully saturated rings. The van der Waals surface area contributed by atoms with E-state index in [2.05, 4.69) is 34.7 Å². The van der Waals surface area contributed by atoms with Crippen LogP contribution in [0.15, 0.2) is 41.3 Å². The Bertz CT molecular complexity index is 674. The number of carbonyl (C=O) groups is 1.